The third-order valence-electron chi connectivity index (χ3n) is 2.73. The van der Waals surface area contributed by atoms with Crippen molar-refractivity contribution in [1.82, 2.24) is 5.32 Å². The van der Waals surface area contributed by atoms with Crippen molar-refractivity contribution in [1.29, 1.82) is 0 Å². The fraction of sp³-hybridized carbons (Fsp3) is 0.625. The van der Waals surface area contributed by atoms with E-state index in [-0.39, 0.29) is 0 Å². The molecule has 1 rings (SSSR count). The molecule has 0 bridgehead atoms. The van der Waals surface area contributed by atoms with Gasteiger partial charge in [-0.05, 0) is 43.1 Å². The number of hydrogen-bond acceptors (Lipinski definition) is 4. The second-order valence-corrected chi connectivity index (χ2v) is 6.36. The van der Waals surface area contributed by atoms with E-state index in [9.17, 15) is 5.11 Å². The first-order valence-electron chi connectivity index (χ1n) is 7.43. The molecule has 120 valence electrons. The van der Waals surface area contributed by atoms with Crippen LogP contribution in [0.5, 0.6) is 5.75 Å². The third kappa shape index (κ3) is 9.85. The molecular formula is C16H26BrNO3. The Labute approximate surface area is 136 Å². The highest BCUT2D eigenvalue weighted by Gasteiger charge is 2.04. The van der Waals surface area contributed by atoms with E-state index in [1.807, 2.05) is 24.3 Å². The predicted molar refractivity (Wildman–Crippen MR) is 88.8 cm³/mol. The molecule has 0 spiro atoms. The summed E-state index contributed by atoms with van der Waals surface area (Å²) in [4.78, 5) is 0. The first-order chi connectivity index (χ1) is 10.1. The number of ether oxygens (including phenoxy) is 2. The summed E-state index contributed by atoms with van der Waals surface area (Å²) in [5.74, 6) is 1.34. The number of benzene rings is 1. The number of halogens is 1. The number of hydrogen-bond donors (Lipinski definition) is 2. The van der Waals surface area contributed by atoms with Gasteiger partial charge in [0.05, 0.1) is 0 Å². The van der Waals surface area contributed by atoms with Crippen molar-refractivity contribution in [3.63, 3.8) is 0 Å². The van der Waals surface area contributed by atoms with Gasteiger partial charge in [-0.1, -0.05) is 29.8 Å². The summed E-state index contributed by atoms with van der Waals surface area (Å²) in [6.45, 7) is 7.51. The molecule has 0 saturated heterocycles. The minimum atomic E-state index is -0.509. The first kappa shape index (κ1) is 18.4. The monoisotopic (exact) mass is 359 g/mol. The highest BCUT2D eigenvalue weighted by molar-refractivity contribution is 9.10. The van der Waals surface area contributed by atoms with Gasteiger partial charge in [0.1, 0.15) is 18.5 Å². The molecule has 1 aromatic rings. The Kier molecular flexibility index (Phi) is 9.67. The van der Waals surface area contributed by atoms with Gasteiger partial charge in [-0.2, -0.15) is 0 Å². The van der Waals surface area contributed by atoms with Gasteiger partial charge in [0.25, 0.3) is 0 Å². The van der Waals surface area contributed by atoms with E-state index >= 15 is 0 Å². The summed E-state index contributed by atoms with van der Waals surface area (Å²) in [5, 5.41) is 13.0. The highest BCUT2D eigenvalue weighted by Crippen LogP contribution is 2.16. The molecule has 1 atom stereocenters. The molecule has 1 aromatic carbocycles. The van der Waals surface area contributed by atoms with Crippen LogP contribution in [0.1, 0.15) is 20.3 Å². The number of rotatable bonds is 11. The summed E-state index contributed by atoms with van der Waals surface area (Å²) in [5.41, 5.74) is 0. The van der Waals surface area contributed by atoms with Crippen LogP contribution in [0.15, 0.2) is 28.7 Å². The summed E-state index contributed by atoms with van der Waals surface area (Å²) in [6, 6.07) is 7.57. The molecule has 5 heteroatoms. The number of aliphatic hydroxyl groups excluding tert-OH is 1. The summed E-state index contributed by atoms with van der Waals surface area (Å²) in [6.07, 6.45) is 0.442. The van der Waals surface area contributed by atoms with Gasteiger partial charge < -0.3 is 19.9 Å². The van der Waals surface area contributed by atoms with Gasteiger partial charge in [0, 0.05) is 24.2 Å². The maximum Gasteiger partial charge on any atom is 0.119 e. The zero-order valence-electron chi connectivity index (χ0n) is 12.8. The van der Waals surface area contributed by atoms with Crippen LogP contribution in [-0.2, 0) is 4.74 Å². The minimum absolute atomic E-state index is 0.290. The molecule has 21 heavy (non-hydrogen) atoms. The zero-order chi connectivity index (χ0) is 15.5. The van der Waals surface area contributed by atoms with E-state index in [1.54, 1.807) is 0 Å². The smallest absolute Gasteiger partial charge is 0.119 e. The summed E-state index contributed by atoms with van der Waals surface area (Å²) < 4.78 is 12.0. The normalized spacial score (nSPS) is 12.6. The van der Waals surface area contributed by atoms with Gasteiger partial charge in [-0.25, -0.2) is 0 Å². The van der Waals surface area contributed by atoms with Crippen molar-refractivity contribution >= 4 is 15.9 Å². The Balaban J connectivity index is 1.98. The average molecular weight is 360 g/mol. The van der Waals surface area contributed by atoms with Crippen molar-refractivity contribution in [3.8, 4) is 5.75 Å². The lowest BCUT2D eigenvalue weighted by Gasteiger charge is -2.13. The molecule has 0 aliphatic rings. The number of nitrogens with one attached hydrogen (secondary N) is 1. The molecule has 0 aliphatic carbocycles. The van der Waals surface area contributed by atoms with E-state index in [1.165, 1.54) is 0 Å². The van der Waals surface area contributed by atoms with Crippen LogP contribution >= 0.6 is 15.9 Å². The minimum Gasteiger partial charge on any atom is -0.491 e. The van der Waals surface area contributed by atoms with E-state index in [4.69, 9.17) is 9.47 Å². The Morgan fingerprint density at radius 1 is 1.19 bits per heavy atom. The molecule has 0 radical (unpaired) electrons. The zero-order valence-corrected chi connectivity index (χ0v) is 14.4. The molecule has 0 amide bonds. The van der Waals surface area contributed by atoms with Crippen LogP contribution in [-0.4, -0.2) is 44.1 Å². The van der Waals surface area contributed by atoms with Crippen LogP contribution < -0.4 is 10.1 Å². The van der Waals surface area contributed by atoms with Gasteiger partial charge in [-0.3, -0.25) is 0 Å². The maximum atomic E-state index is 9.81. The van der Waals surface area contributed by atoms with Crippen molar-refractivity contribution in [2.24, 2.45) is 5.92 Å². The maximum absolute atomic E-state index is 9.81. The van der Waals surface area contributed by atoms with E-state index in [2.05, 4.69) is 35.1 Å². The van der Waals surface area contributed by atoms with Crippen LogP contribution in [0.4, 0.5) is 0 Å². The predicted octanol–water partition coefficient (Wildman–Crippen LogP) is 2.84. The first-order valence-corrected chi connectivity index (χ1v) is 8.22. The standard InChI is InChI=1S/C16H26BrNO3/c1-13(2)11-20-9-3-8-18-10-15(19)12-21-16-6-4-14(17)5-7-16/h4-7,13,15,18-19H,3,8-12H2,1-2H3. The molecule has 0 saturated carbocycles. The third-order valence-corrected chi connectivity index (χ3v) is 3.26. The van der Waals surface area contributed by atoms with E-state index < -0.39 is 6.10 Å². The van der Waals surface area contributed by atoms with Crippen molar-refractivity contribution in [2.45, 2.75) is 26.4 Å². The second kappa shape index (κ2) is 11.0. The average Bonchev–Trinajstić information content (AvgIpc) is 2.45. The Morgan fingerprint density at radius 3 is 2.57 bits per heavy atom. The number of aliphatic hydroxyl groups is 1. The quantitative estimate of drug-likeness (QED) is 0.596. The van der Waals surface area contributed by atoms with E-state index in [0.717, 1.165) is 36.4 Å². The van der Waals surface area contributed by atoms with E-state index in [0.29, 0.717) is 19.1 Å². The SMILES string of the molecule is CC(C)COCCCNCC(O)COc1ccc(Br)cc1. The summed E-state index contributed by atoms with van der Waals surface area (Å²) in [7, 11) is 0. The lowest BCUT2D eigenvalue weighted by Crippen LogP contribution is -2.32. The molecule has 2 N–H and O–H groups in total. The van der Waals surface area contributed by atoms with Crippen LogP contribution in [0.3, 0.4) is 0 Å². The molecule has 0 aromatic heterocycles. The Hall–Kier alpha value is -0.620. The van der Waals surface area contributed by atoms with Gasteiger partial charge in [0.2, 0.25) is 0 Å². The van der Waals surface area contributed by atoms with Gasteiger partial charge in [0.15, 0.2) is 0 Å². The van der Waals surface area contributed by atoms with Gasteiger partial charge >= 0.3 is 0 Å². The van der Waals surface area contributed by atoms with Crippen LogP contribution in [0.2, 0.25) is 0 Å². The van der Waals surface area contributed by atoms with Crippen molar-refractivity contribution < 1.29 is 14.6 Å². The Bertz CT molecular complexity index is 370. The molecule has 0 fully saturated rings. The highest BCUT2D eigenvalue weighted by atomic mass is 79.9. The van der Waals surface area contributed by atoms with Gasteiger partial charge in [-0.15, -0.1) is 0 Å². The summed E-state index contributed by atoms with van der Waals surface area (Å²) >= 11 is 3.37. The largest absolute Gasteiger partial charge is 0.491 e. The molecule has 0 heterocycles. The molecule has 4 nitrogen and oxygen atoms in total. The molecular weight excluding hydrogens is 334 g/mol. The van der Waals surface area contributed by atoms with Crippen molar-refractivity contribution in [2.75, 3.05) is 32.9 Å². The van der Waals surface area contributed by atoms with Crippen LogP contribution in [0.25, 0.3) is 0 Å². The topological polar surface area (TPSA) is 50.7 Å². The molecule has 1 unspecified atom stereocenters. The molecule has 0 aliphatic heterocycles. The van der Waals surface area contributed by atoms with Crippen LogP contribution in [0, 0.1) is 5.92 Å². The fourth-order valence-electron chi connectivity index (χ4n) is 1.67. The Morgan fingerprint density at radius 2 is 1.90 bits per heavy atom. The lowest BCUT2D eigenvalue weighted by atomic mass is 10.2. The lowest BCUT2D eigenvalue weighted by molar-refractivity contribution is 0.0980. The fourth-order valence-corrected chi connectivity index (χ4v) is 1.93. The van der Waals surface area contributed by atoms with Crippen molar-refractivity contribution in [3.05, 3.63) is 28.7 Å². The second-order valence-electron chi connectivity index (χ2n) is 5.45.